The highest BCUT2D eigenvalue weighted by Gasteiger charge is 2.18. The van der Waals surface area contributed by atoms with Crippen LogP contribution < -0.4 is 5.32 Å². The largest absolute Gasteiger partial charge is 0.466 e. The number of rotatable bonds is 55. The van der Waals surface area contributed by atoms with Gasteiger partial charge in [0.05, 0.1) is 25.4 Å². The van der Waals surface area contributed by atoms with Gasteiger partial charge < -0.3 is 20.3 Å². The molecule has 0 fully saturated rings. The van der Waals surface area contributed by atoms with Gasteiger partial charge in [-0.05, 0) is 89.9 Å². The number of allylic oxidation sites excluding steroid dienone is 7. The van der Waals surface area contributed by atoms with E-state index in [1.807, 2.05) is 6.08 Å². The summed E-state index contributed by atoms with van der Waals surface area (Å²) in [6.07, 6.45) is 72.9. The van der Waals surface area contributed by atoms with Crippen molar-refractivity contribution in [3.05, 3.63) is 48.6 Å². The molecule has 2 atom stereocenters. The SMILES string of the molecule is CCCCC/C=C\CCCCCCCC(=O)OCCCCCCCCCCC/C=C\C/C=C\CCCCCCCCCCCCCC(=O)NC(CO)C(O)/C=C/CCCCCCCCCCCC. The van der Waals surface area contributed by atoms with Crippen LogP contribution in [0.5, 0.6) is 0 Å². The number of carbonyl (C=O) groups is 2. The molecule has 6 nitrogen and oxygen atoms in total. The number of esters is 1. The Bertz CT molecular complexity index is 1150. The summed E-state index contributed by atoms with van der Waals surface area (Å²) in [6.45, 7) is 4.87. The number of nitrogens with one attached hydrogen (secondary N) is 1. The van der Waals surface area contributed by atoms with Gasteiger partial charge in [0.25, 0.3) is 0 Å². The molecule has 3 N–H and O–H groups in total. The molecule has 0 aromatic heterocycles. The van der Waals surface area contributed by atoms with Crippen molar-refractivity contribution in [2.45, 2.75) is 321 Å². The number of hydrogen-bond donors (Lipinski definition) is 3. The molecule has 398 valence electrons. The molecule has 0 aromatic rings. The van der Waals surface area contributed by atoms with E-state index in [0.29, 0.717) is 19.4 Å². The van der Waals surface area contributed by atoms with Crippen LogP contribution in [0.25, 0.3) is 0 Å². The fourth-order valence-corrected chi connectivity index (χ4v) is 8.95. The Morgan fingerprint density at radius 1 is 0.412 bits per heavy atom. The predicted octanol–water partition coefficient (Wildman–Crippen LogP) is 18.6. The maximum atomic E-state index is 12.4. The van der Waals surface area contributed by atoms with Crippen molar-refractivity contribution in [2.75, 3.05) is 13.2 Å². The Balaban J connectivity index is 3.44. The minimum absolute atomic E-state index is 0.000455. The number of aliphatic hydroxyl groups excluding tert-OH is 2. The highest BCUT2D eigenvalue weighted by atomic mass is 16.5. The smallest absolute Gasteiger partial charge is 0.305 e. The second-order valence-corrected chi connectivity index (χ2v) is 20.3. The van der Waals surface area contributed by atoms with E-state index in [4.69, 9.17) is 4.74 Å². The maximum absolute atomic E-state index is 12.4. The van der Waals surface area contributed by atoms with Gasteiger partial charge in [0.2, 0.25) is 5.91 Å². The molecule has 2 unspecified atom stereocenters. The average molecular weight is 955 g/mol. The van der Waals surface area contributed by atoms with Crippen LogP contribution in [0.15, 0.2) is 48.6 Å². The van der Waals surface area contributed by atoms with E-state index in [0.717, 1.165) is 51.4 Å². The van der Waals surface area contributed by atoms with Gasteiger partial charge in [-0.1, -0.05) is 255 Å². The number of amides is 1. The van der Waals surface area contributed by atoms with Crippen LogP contribution >= 0.6 is 0 Å². The molecule has 1 amide bonds. The number of unbranched alkanes of at least 4 members (excludes halogenated alkanes) is 38. The summed E-state index contributed by atoms with van der Waals surface area (Å²) < 4.78 is 5.46. The molecule has 0 aliphatic rings. The van der Waals surface area contributed by atoms with Crippen molar-refractivity contribution >= 4 is 11.9 Å². The molecule has 0 bridgehead atoms. The summed E-state index contributed by atoms with van der Waals surface area (Å²) in [7, 11) is 0. The van der Waals surface area contributed by atoms with E-state index in [1.165, 1.54) is 231 Å². The van der Waals surface area contributed by atoms with E-state index in [2.05, 4.69) is 55.6 Å². The fraction of sp³-hybridized carbons (Fsp3) is 0.839. The number of carbonyl (C=O) groups excluding carboxylic acids is 2. The zero-order chi connectivity index (χ0) is 49.3. The van der Waals surface area contributed by atoms with E-state index in [1.54, 1.807) is 6.08 Å². The molecule has 68 heavy (non-hydrogen) atoms. The van der Waals surface area contributed by atoms with Crippen LogP contribution in [0, 0.1) is 0 Å². The normalized spacial score (nSPS) is 12.9. The van der Waals surface area contributed by atoms with Crippen LogP contribution in [0.3, 0.4) is 0 Å². The van der Waals surface area contributed by atoms with Gasteiger partial charge in [-0.25, -0.2) is 0 Å². The Labute approximate surface area is 423 Å². The Hall–Kier alpha value is -2.18. The fourth-order valence-electron chi connectivity index (χ4n) is 8.95. The minimum atomic E-state index is -0.846. The monoisotopic (exact) mass is 954 g/mol. The molecule has 0 aliphatic carbocycles. The van der Waals surface area contributed by atoms with Crippen LogP contribution in [0.4, 0.5) is 0 Å². The molecule has 0 saturated carbocycles. The zero-order valence-corrected chi connectivity index (χ0v) is 45.3. The molecule has 0 saturated heterocycles. The highest BCUT2D eigenvalue weighted by molar-refractivity contribution is 5.76. The standard InChI is InChI=1S/C62H115NO5/c1-3-5-7-9-11-13-15-34-38-42-46-50-54-60(65)59(58-64)63-61(66)55-51-47-43-39-35-32-30-28-26-24-22-20-18-17-19-21-23-25-27-29-31-33-37-41-45-49-53-57-68-62(67)56-52-48-44-40-36-16-14-12-10-8-6-4-2/h12,14,17-18,21,23,50,54,59-60,64-65H,3-11,13,15-16,19-20,22,24-49,51-53,55-58H2,1-2H3,(H,63,66)/b14-12-,18-17-,23-21-,54-50+. The van der Waals surface area contributed by atoms with Crippen molar-refractivity contribution in [1.29, 1.82) is 0 Å². The molecule has 0 rings (SSSR count). The lowest BCUT2D eigenvalue weighted by Gasteiger charge is -2.20. The first kappa shape index (κ1) is 65.8. The van der Waals surface area contributed by atoms with E-state index < -0.39 is 12.1 Å². The minimum Gasteiger partial charge on any atom is -0.466 e. The van der Waals surface area contributed by atoms with E-state index >= 15 is 0 Å². The average Bonchev–Trinajstić information content (AvgIpc) is 3.34. The van der Waals surface area contributed by atoms with Gasteiger partial charge in [-0.2, -0.15) is 0 Å². The first-order valence-electron chi connectivity index (χ1n) is 29.9. The summed E-state index contributed by atoms with van der Waals surface area (Å²) in [5.74, 6) is -0.0726. The topological polar surface area (TPSA) is 95.9 Å². The van der Waals surface area contributed by atoms with Gasteiger partial charge in [-0.3, -0.25) is 9.59 Å². The first-order chi connectivity index (χ1) is 33.5. The predicted molar refractivity (Wildman–Crippen MR) is 296 cm³/mol. The summed E-state index contributed by atoms with van der Waals surface area (Å²) >= 11 is 0. The number of hydrogen-bond acceptors (Lipinski definition) is 5. The highest BCUT2D eigenvalue weighted by Crippen LogP contribution is 2.16. The molecule has 0 spiro atoms. The van der Waals surface area contributed by atoms with Crippen molar-refractivity contribution in [3.8, 4) is 0 Å². The summed E-state index contributed by atoms with van der Waals surface area (Å²) in [5, 5.41) is 23.0. The number of ether oxygens (including phenoxy) is 1. The second-order valence-electron chi connectivity index (χ2n) is 20.3. The van der Waals surface area contributed by atoms with Gasteiger partial charge in [0, 0.05) is 12.8 Å². The van der Waals surface area contributed by atoms with Crippen LogP contribution in [0.2, 0.25) is 0 Å². The van der Waals surface area contributed by atoms with Gasteiger partial charge in [0.15, 0.2) is 0 Å². The molecule has 0 radical (unpaired) electrons. The lowest BCUT2D eigenvalue weighted by Crippen LogP contribution is -2.45. The van der Waals surface area contributed by atoms with Crippen molar-refractivity contribution in [2.24, 2.45) is 0 Å². The quantitative estimate of drug-likeness (QED) is 0.0321. The molecule has 0 aromatic carbocycles. The third-order valence-corrected chi connectivity index (χ3v) is 13.6. The second kappa shape index (κ2) is 57.4. The Kier molecular flexibility index (Phi) is 55.6. The van der Waals surface area contributed by atoms with Crippen molar-refractivity contribution in [1.82, 2.24) is 5.32 Å². The first-order valence-corrected chi connectivity index (χ1v) is 29.9. The van der Waals surface area contributed by atoms with Crippen molar-refractivity contribution in [3.63, 3.8) is 0 Å². The summed E-state index contributed by atoms with van der Waals surface area (Å²) in [5.41, 5.74) is 0. The van der Waals surface area contributed by atoms with Crippen molar-refractivity contribution < 1.29 is 24.5 Å². The molecule has 0 aliphatic heterocycles. The van der Waals surface area contributed by atoms with Gasteiger partial charge in [0.1, 0.15) is 0 Å². The maximum Gasteiger partial charge on any atom is 0.305 e. The molecular formula is C62H115NO5. The number of aliphatic hydroxyl groups is 2. The molecule has 0 heterocycles. The summed E-state index contributed by atoms with van der Waals surface area (Å²) in [6, 6.07) is -0.630. The summed E-state index contributed by atoms with van der Waals surface area (Å²) in [4.78, 5) is 24.4. The third kappa shape index (κ3) is 53.2. The van der Waals surface area contributed by atoms with Crippen LogP contribution in [-0.2, 0) is 14.3 Å². The lowest BCUT2D eigenvalue weighted by molar-refractivity contribution is -0.143. The third-order valence-electron chi connectivity index (χ3n) is 13.6. The van der Waals surface area contributed by atoms with Crippen LogP contribution in [-0.4, -0.2) is 47.4 Å². The molecule has 6 heteroatoms. The lowest BCUT2D eigenvalue weighted by atomic mass is 10.0. The van der Waals surface area contributed by atoms with E-state index in [-0.39, 0.29) is 18.5 Å². The molecular weight excluding hydrogens is 839 g/mol. The van der Waals surface area contributed by atoms with E-state index in [9.17, 15) is 19.8 Å². The Morgan fingerprint density at radius 3 is 1.16 bits per heavy atom. The Morgan fingerprint density at radius 2 is 0.735 bits per heavy atom. The van der Waals surface area contributed by atoms with Gasteiger partial charge >= 0.3 is 5.97 Å². The van der Waals surface area contributed by atoms with Crippen LogP contribution in [0.1, 0.15) is 309 Å². The zero-order valence-electron chi connectivity index (χ0n) is 45.3. The van der Waals surface area contributed by atoms with Gasteiger partial charge in [-0.15, -0.1) is 0 Å².